The molecule has 1 amide bonds. The molecule has 0 spiro atoms. The van der Waals surface area contributed by atoms with Gasteiger partial charge < -0.3 is 10.2 Å². The van der Waals surface area contributed by atoms with Crippen LogP contribution in [0.25, 0.3) is 11.6 Å². The van der Waals surface area contributed by atoms with Gasteiger partial charge in [0.15, 0.2) is 5.82 Å². The Morgan fingerprint density at radius 3 is 2.31 bits per heavy atom. The third-order valence-electron chi connectivity index (χ3n) is 4.74. The third kappa shape index (κ3) is 4.56. The number of rotatable bonds is 7. The Kier molecular flexibility index (Phi) is 6.07. The topological polar surface area (TPSA) is 106 Å². The number of nitrogens with zero attached hydrogens (tertiary/aromatic N) is 5. The SMILES string of the molecule is CC(C)N(C(=O)Cn1c(-c2ncccn2)noc1=O)c1ccc(Nc2ccccc2)cc1. The number of nitrogens with one attached hydrogen (secondary N) is 1. The van der Waals surface area contributed by atoms with Gasteiger partial charge in [0.1, 0.15) is 6.54 Å². The van der Waals surface area contributed by atoms with E-state index in [9.17, 15) is 9.59 Å². The summed E-state index contributed by atoms with van der Waals surface area (Å²) in [4.78, 5) is 35.2. The second-order valence-corrected chi connectivity index (χ2v) is 7.33. The Morgan fingerprint density at radius 1 is 1.00 bits per heavy atom. The van der Waals surface area contributed by atoms with Crippen molar-refractivity contribution in [3.05, 3.63) is 83.6 Å². The summed E-state index contributed by atoms with van der Waals surface area (Å²) in [7, 11) is 0. The maximum atomic E-state index is 13.2. The van der Waals surface area contributed by atoms with E-state index >= 15 is 0 Å². The first-order valence-electron chi connectivity index (χ1n) is 10.1. The standard InChI is InChI=1S/C23H22N6O3/c1-16(2)29(19-11-9-18(10-12-19)26-17-7-4-3-5-8-17)20(30)15-28-22(27-32-23(28)31)21-24-13-6-14-25-21/h3-14,16,26H,15H2,1-2H3. The number of carbonyl (C=O) groups is 1. The predicted molar refractivity (Wildman–Crippen MR) is 121 cm³/mol. The van der Waals surface area contributed by atoms with Crippen molar-refractivity contribution in [3.63, 3.8) is 0 Å². The summed E-state index contributed by atoms with van der Waals surface area (Å²) < 4.78 is 5.90. The van der Waals surface area contributed by atoms with Gasteiger partial charge in [-0.3, -0.25) is 9.32 Å². The van der Waals surface area contributed by atoms with E-state index in [4.69, 9.17) is 4.52 Å². The van der Waals surface area contributed by atoms with Crippen molar-refractivity contribution in [1.29, 1.82) is 0 Å². The molecule has 9 nitrogen and oxygen atoms in total. The highest BCUT2D eigenvalue weighted by Crippen LogP contribution is 2.23. The van der Waals surface area contributed by atoms with Gasteiger partial charge in [0.25, 0.3) is 0 Å². The van der Waals surface area contributed by atoms with E-state index in [0.29, 0.717) is 5.69 Å². The number of hydrogen-bond acceptors (Lipinski definition) is 7. The van der Waals surface area contributed by atoms with Crippen LogP contribution in [-0.4, -0.2) is 31.6 Å². The van der Waals surface area contributed by atoms with Gasteiger partial charge >= 0.3 is 5.76 Å². The second-order valence-electron chi connectivity index (χ2n) is 7.33. The molecule has 2 aromatic heterocycles. The fraction of sp³-hybridized carbons (Fsp3) is 0.174. The Bertz CT molecular complexity index is 1230. The minimum Gasteiger partial charge on any atom is -0.356 e. The number of hydrogen-bond donors (Lipinski definition) is 1. The minimum atomic E-state index is -0.744. The summed E-state index contributed by atoms with van der Waals surface area (Å²) in [5.74, 6) is -0.716. The van der Waals surface area contributed by atoms with Crippen LogP contribution in [0.5, 0.6) is 0 Å². The minimum absolute atomic E-state index is 0.107. The molecule has 2 aromatic carbocycles. The van der Waals surface area contributed by atoms with E-state index in [2.05, 4.69) is 20.4 Å². The molecule has 9 heteroatoms. The van der Waals surface area contributed by atoms with Gasteiger partial charge in [0.2, 0.25) is 11.7 Å². The van der Waals surface area contributed by atoms with Gasteiger partial charge in [-0.25, -0.2) is 19.3 Å². The number of para-hydroxylation sites is 1. The molecule has 4 rings (SSSR count). The highest BCUT2D eigenvalue weighted by Gasteiger charge is 2.24. The first-order valence-corrected chi connectivity index (χ1v) is 10.1. The lowest BCUT2D eigenvalue weighted by molar-refractivity contribution is -0.119. The quantitative estimate of drug-likeness (QED) is 0.478. The van der Waals surface area contributed by atoms with E-state index in [1.54, 1.807) is 11.0 Å². The molecule has 2 heterocycles. The lowest BCUT2D eigenvalue weighted by atomic mass is 10.2. The molecular formula is C23H22N6O3. The van der Waals surface area contributed by atoms with Crippen molar-refractivity contribution in [2.75, 3.05) is 10.2 Å². The molecule has 0 aliphatic carbocycles. The zero-order valence-electron chi connectivity index (χ0n) is 17.7. The largest absolute Gasteiger partial charge is 0.442 e. The molecule has 32 heavy (non-hydrogen) atoms. The molecule has 0 fully saturated rings. The van der Waals surface area contributed by atoms with Crippen LogP contribution in [0.4, 0.5) is 17.1 Å². The molecule has 0 aliphatic heterocycles. The van der Waals surface area contributed by atoms with Crippen molar-refractivity contribution in [1.82, 2.24) is 19.7 Å². The number of aromatic nitrogens is 4. The van der Waals surface area contributed by atoms with E-state index in [1.807, 2.05) is 68.4 Å². The normalized spacial score (nSPS) is 10.8. The number of benzene rings is 2. The highest BCUT2D eigenvalue weighted by molar-refractivity contribution is 5.94. The van der Waals surface area contributed by atoms with E-state index < -0.39 is 5.76 Å². The van der Waals surface area contributed by atoms with Crippen molar-refractivity contribution >= 4 is 23.0 Å². The summed E-state index contributed by atoms with van der Waals surface area (Å²) in [5, 5.41) is 7.05. The number of anilines is 3. The Labute approximate surface area is 184 Å². The fourth-order valence-corrected chi connectivity index (χ4v) is 3.32. The van der Waals surface area contributed by atoms with Crippen LogP contribution in [0.1, 0.15) is 13.8 Å². The van der Waals surface area contributed by atoms with Crippen LogP contribution < -0.4 is 16.0 Å². The maximum absolute atomic E-state index is 13.2. The molecular weight excluding hydrogens is 408 g/mol. The summed E-state index contributed by atoms with van der Waals surface area (Å²) in [5.41, 5.74) is 2.58. The van der Waals surface area contributed by atoms with Crippen molar-refractivity contribution in [2.45, 2.75) is 26.4 Å². The Hall–Kier alpha value is -4.27. The lowest BCUT2D eigenvalue weighted by Crippen LogP contribution is -2.40. The average Bonchev–Trinajstić information content (AvgIpc) is 3.16. The third-order valence-corrected chi connectivity index (χ3v) is 4.74. The summed E-state index contributed by atoms with van der Waals surface area (Å²) in [6.45, 7) is 3.56. The van der Waals surface area contributed by atoms with E-state index in [-0.39, 0.29) is 30.1 Å². The molecule has 0 radical (unpaired) electrons. The molecule has 1 N–H and O–H groups in total. The molecule has 0 saturated heterocycles. The Morgan fingerprint density at radius 2 is 1.66 bits per heavy atom. The summed E-state index contributed by atoms with van der Waals surface area (Å²) >= 11 is 0. The van der Waals surface area contributed by atoms with Crippen LogP contribution >= 0.6 is 0 Å². The number of amides is 1. The van der Waals surface area contributed by atoms with Crippen molar-refractivity contribution < 1.29 is 9.32 Å². The van der Waals surface area contributed by atoms with Gasteiger partial charge in [-0.05, 0) is 56.3 Å². The van der Waals surface area contributed by atoms with E-state index in [1.165, 1.54) is 12.4 Å². The monoisotopic (exact) mass is 430 g/mol. The van der Waals surface area contributed by atoms with Crippen LogP contribution in [0.15, 0.2) is 82.4 Å². The lowest BCUT2D eigenvalue weighted by Gasteiger charge is -2.27. The van der Waals surface area contributed by atoms with Gasteiger partial charge in [-0.15, -0.1) is 0 Å². The smallest absolute Gasteiger partial charge is 0.356 e. The van der Waals surface area contributed by atoms with E-state index in [0.717, 1.165) is 15.9 Å². The van der Waals surface area contributed by atoms with Gasteiger partial charge in [0.05, 0.1) is 0 Å². The first kappa shape index (κ1) is 21.0. The zero-order valence-corrected chi connectivity index (χ0v) is 17.7. The van der Waals surface area contributed by atoms with Gasteiger partial charge in [-0.1, -0.05) is 23.4 Å². The zero-order chi connectivity index (χ0) is 22.5. The second kappa shape index (κ2) is 9.25. The van der Waals surface area contributed by atoms with Crippen LogP contribution in [0.2, 0.25) is 0 Å². The molecule has 0 saturated carbocycles. The van der Waals surface area contributed by atoms with Crippen molar-refractivity contribution in [2.24, 2.45) is 0 Å². The summed E-state index contributed by atoms with van der Waals surface area (Å²) in [6.07, 6.45) is 3.05. The van der Waals surface area contributed by atoms with Crippen LogP contribution in [-0.2, 0) is 11.3 Å². The number of carbonyl (C=O) groups excluding carboxylic acids is 1. The molecule has 0 atom stereocenters. The maximum Gasteiger partial charge on any atom is 0.442 e. The molecule has 162 valence electrons. The fourth-order valence-electron chi connectivity index (χ4n) is 3.32. The highest BCUT2D eigenvalue weighted by atomic mass is 16.5. The molecule has 0 unspecified atom stereocenters. The summed E-state index contributed by atoms with van der Waals surface area (Å²) in [6, 6.07) is 18.9. The average molecular weight is 430 g/mol. The molecule has 0 bridgehead atoms. The van der Waals surface area contributed by atoms with Gasteiger partial charge in [-0.2, -0.15) is 0 Å². The molecule has 4 aromatic rings. The predicted octanol–water partition coefficient (Wildman–Crippen LogP) is 3.48. The Balaban J connectivity index is 1.56. The van der Waals surface area contributed by atoms with Crippen molar-refractivity contribution in [3.8, 4) is 11.6 Å². The van der Waals surface area contributed by atoms with Crippen LogP contribution in [0.3, 0.4) is 0 Å². The first-order chi connectivity index (χ1) is 15.5. The molecule has 0 aliphatic rings. The van der Waals surface area contributed by atoms with Gasteiger partial charge in [0, 0.05) is 35.5 Å². The van der Waals surface area contributed by atoms with Crippen LogP contribution in [0, 0.1) is 0 Å².